The van der Waals surface area contributed by atoms with Crippen molar-refractivity contribution in [2.45, 2.75) is 206 Å². The molecule has 0 spiro atoms. The number of aliphatic hydroxyl groups excluding tert-OH is 1. The molecule has 0 saturated carbocycles. The largest absolute Gasteiger partial charge is 0.756 e. The van der Waals surface area contributed by atoms with Crippen LogP contribution in [0, 0.1) is 0 Å². The van der Waals surface area contributed by atoms with E-state index in [1.807, 2.05) is 27.2 Å². The highest BCUT2D eigenvalue weighted by Gasteiger charge is 2.23. The molecule has 0 bridgehead atoms. The Morgan fingerprint density at radius 1 is 0.654 bits per heavy atom. The predicted octanol–water partition coefficient (Wildman–Crippen LogP) is 11.1. The Morgan fingerprint density at radius 2 is 1.06 bits per heavy atom. The molecule has 8 nitrogen and oxygen atoms in total. The molecule has 3 unspecified atom stereocenters. The maximum atomic E-state index is 12.8. The third-order valence-corrected chi connectivity index (χ3v) is 10.6. The van der Waals surface area contributed by atoms with Crippen molar-refractivity contribution >= 4 is 13.7 Å². The Hall–Kier alpha value is -1.02. The summed E-state index contributed by atoms with van der Waals surface area (Å²) in [6.45, 7) is 4.62. The van der Waals surface area contributed by atoms with Crippen LogP contribution in [0.4, 0.5) is 0 Å². The second-order valence-corrected chi connectivity index (χ2v) is 17.5. The monoisotopic (exact) mass is 757 g/mol. The van der Waals surface area contributed by atoms with Gasteiger partial charge in [-0.15, -0.1) is 0 Å². The molecule has 0 aromatic rings. The van der Waals surface area contributed by atoms with E-state index in [0.717, 1.165) is 51.4 Å². The number of rotatable bonds is 39. The number of phosphoric ester groups is 1. The number of carbonyl (C=O) groups is 1. The van der Waals surface area contributed by atoms with Crippen LogP contribution in [-0.2, 0) is 18.4 Å². The lowest BCUT2D eigenvalue weighted by Gasteiger charge is -2.29. The second kappa shape index (κ2) is 35.7. The highest BCUT2D eigenvalue weighted by Crippen LogP contribution is 2.38. The van der Waals surface area contributed by atoms with Crippen LogP contribution in [0.5, 0.6) is 0 Å². The second-order valence-electron chi connectivity index (χ2n) is 16.0. The van der Waals surface area contributed by atoms with E-state index in [4.69, 9.17) is 9.05 Å². The molecule has 9 heteroatoms. The average Bonchev–Trinajstić information content (AvgIpc) is 3.09. The maximum absolute atomic E-state index is 12.8. The summed E-state index contributed by atoms with van der Waals surface area (Å²) in [7, 11) is 1.26. The number of phosphoric acid groups is 1. The van der Waals surface area contributed by atoms with Gasteiger partial charge in [-0.05, 0) is 44.9 Å². The van der Waals surface area contributed by atoms with E-state index in [0.29, 0.717) is 17.4 Å². The van der Waals surface area contributed by atoms with Gasteiger partial charge < -0.3 is 28.8 Å². The Morgan fingerprint density at radius 3 is 1.52 bits per heavy atom. The number of hydrogen-bond acceptors (Lipinski definition) is 6. The van der Waals surface area contributed by atoms with E-state index in [9.17, 15) is 19.4 Å². The van der Waals surface area contributed by atoms with Gasteiger partial charge in [-0.2, -0.15) is 0 Å². The molecule has 0 fully saturated rings. The van der Waals surface area contributed by atoms with Crippen molar-refractivity contribution < 1.29 is 32.9 Å². The molecule has 308 valence electrons. The number of nitrogens with one attached hydrogen (secondary N) is 1. The van der Waals surface area contributed by atoms with Gasteiger partial charge in [-0.3, -0.25) is 9.36 Å². The quantitative estimate of drug-likeness (QED) is 0.0280. The fourth-order valence-electron chi connectivity index (χ4n) is 6.15. The van der Waals surface area contributed by atoms with Crippen LogP contribution in [0.1, 0.15) is 194 Å². The van der Waals surface area contributed by atoms with E-state index in [-0.39, 0.29) is 19.1 Å². The maximum Gasteiger partial charge on any atom is 0.268 e. The van der Waals surface area contributed by atoms with Crippen molar-refractivity contribution in [3.05, 3.63) is 24.3 Å². The van der Waals surface area contributed by atoms with Crippen LogP contribution < -0.4 is 10.2 Å². The lowest BCUT2D eigenvalue weighted by Crippen LogP contribution is -2.45. The number of nitrogens with zero attached hydrogens (tertiary/aromatic N) is 1. The molecule has 2 N–H and O–H groups in total. The van der Waals surface area contributed by atoms with Crippen LogP contribution >= 0.6 is 7.82 Å². The van der Waals surface area contributed by atoms with Gasteiger partial charge in [0.15, 0.2) is 0 Å². The lowest BCUT2D eigenvalue weighted by atomic mass is 10.0. The molecular formula is C43H85N2O6P. The molecule has 52 heavy (non-hydrogen) atoms. The minimum Gasteiger partial charge on any atom is -0.756 e. The summed E-state index contributed by atoms with van der Waals surface area (Å²) in [6, 6.07) is -0.886. The Balaban J connectivity index is 4.45. The number of amides is 1. The number of aliphatic hydroxyl groups is 1. The molecule has 0 aromatic carbocycles. The first-order valence-electron chi connectivity index (χ1n) is 21.7. The fourth-order valence-corrected chi connectivity index (χ4v) is 6.87. The van der Waals surface area contributed by atoms with Crippen LogP contribution in [0.15, 0.2) is 24.3 Å². The van der Waals surface area contributed by atoms with E-state index in [1.54, 1.807) is 6.08 Å². The van der Waals surface area contributed by atoms with Crippen molar-refractivity contribution in [2.24, 2.45) is 0 Å². The van der Waals surface area contributed by atoms with Crippen molar-refractivity contribution in [3.63, 3.8) is 0 Å². The van der Waals surface area contributed by atoms with E-state index in [1.165, 1.54) is 122 Å². The van der Waals surface area contributed by atoms with Gasteiger partial charge in [0.05, 0.1) is 39.9 Å². The SMILES string of the molecule is CCCCCC/C=C\CCCCCCCC(=O)NC(COP(=O)([O-])OCC[N+](C)(C)C)C(O)/C=C/CCCCCCCCCCCCCCCCC. The van der Waals surface area contributed by atoms with Crippen molar-refractivity contribution in [1.29, 1.82) is 0 Å². The van der Waals surface area contributed by atoms with Gasteiger partial charge >= 0.3 is 0 Å². The zero-order valence-corrected chi connectivity index (χ0v) is 35.7. The van der Waals surface area contributed by atoms with Crippen molar-refractivity contribution in [1.82, 2.24) is 5.32 Å². The molecule has 0 aliphatic rings. The molecule has 1 amide bonds. The number of allylic oxidation sites excluding steroid dienone is 3. The normalized spacial score (nSPS) is 14.7. The Bertz CT molecular complexity index is 907. The summed E-state index contributed by atoms with van der Waals surface area (Å²) >= 11 is 0. The molecule has 0 saturated heterocycles. The smallest absolute Gasteiger partial charge is 0.268 e. The van der Waals surface area contributed by atoms with Crippen LogP contribution in [0.2, 0.25) is 0 Å². The summed E-state index contributed by atoms with van der Waals surface area (Å²) < 4.78 is 23.2. The molecule has 0 aromatic heterocycles. The molecule has 0 heterocycles. The minimum atomic E-state index is -4.58. The van der Waals surface area contributed by atoms with Gasteiger partial charge in [0.2, 0.25) is 5.91 Å². The van der Waals surface area contributed by atoms with Gasteiger partial charge in [0, 0.05) is 6.42 Å². The topological polar surface area (TPSA) is 108 Å². The summed E-state index contributed by atoms with van der Waals surface area (Å²) in [5, 5.41) is 13.8. The minimum absolute atomic E-state index is 0.00164. The fraction of sp³-hybridized carbons (Fsp3) is 0.884. The summed E-state index contributed by atoms with van der Waals surface area (Å²) in [5.74, 6) is -0.207. The summed E-state index contributed by atoms with van der Waals surface area (Å²) in [4.78, 5) is 25.2. The zero-order chi connectivity index (χ0) is 38.6. The van der Waals surface area contributed by atoms with Crippen LogP contribution in [-0.4, -0.2) is 68.5 Å². The first kappa shape index (κ1) is 51.0. The van der Waals surface area contributed by atoms with Gasteiger partial charge in [-0.25, -0.2) is 0 Å². The third kappa shape index (κ3) is 37.3. The molecule has 0 aliphatic carbocycles. The number of quaternary nitrogens is 1. The Kier molecular flexibility index (Phi) is 35.0. The van der Waals surface area contributed by atoms with Crippen molar-refractivity contribution in [2.75, 3.05) is 40.9 Å². The molecule has 0 rings (SSSR count). The third-order valence-electron chi connectivity index (χ3n) is 9.66. The standard InChI is InChI=1S/C43H85N2O6P/c1-6-8-10-12-14-16-18-20-21-22-23-25-26-28-30-32-34-36-42(46)41(40-51-52(48,49)50-39-38-45(3,4)5)44-43(47)37-35-33-31-29-27-24-19-17-15-13-11-9-7-2/h17,19,34,36,41-42,46H,6-16,18,20-33,35,37-40H2,1-5H3,(H-,44,47,48,49)/b19-17-,36-34+. The predicted molar refractivity (Wildman–Crippen MR) is 219 cm³/mol. The van der Waals surface area contributed by atoms with Gasteiger partial charge in [-0.1, -0.05) is 167 Å². The number of hydrogen-bond donors (Lipinski definition) is 2. The van der Waals surface area contributed by atoms with Gasteiger partial charge in [0.25, 0.3) is 7.82 Å². The highest BCUT2D eigenvalue weighted by atomic mass is 31.2. The van der Waals surface area contributed by atoms with E-state index in [2.05, 4.69) is 31.3 Å². The van der Waals surface area contributed by atoms with Crippen LogP contribution in [0.3, 0.4) is 0 Å². The Labute approximate surface area is 322 Å². The van der Waals surface area contributed by atoms with E-state index >= 15 is 0 Å². The van der Waals surface area contributed by atoms with Crippen LogP contribution in [0.25, 0.3) is 0 Å². The van der Waals surface area contributed by atoms with E-state index < -0.39 is 20.0 Å². The summed E-state index contributed by atoms with van der Waals surface area (Å²) in [6.07, 6.45) is 40.7. The van der Waals surface area contributed by atoms with Crippen molar-refractivity contribution in [3.8, 4) is 0 Å². The number of unbranched alkanes of at least 4 members (excludes halogenated alkanes) is 24. The molecular weight excluding hydrogens is 671 g/mol. The number of carbonyl (C=O) groups excluding carboxylic acids is 1. The average molecular weight is 757 g/mol. The number of likely N-dealkylation sites (N-methyl/N-ethyl adjacent to an activating group) is 1. The lowest BCUT2D eigenvalue weighted by molar-refractivity contribution is -0.870. The molecule has 3 atom stereocenters. The molecule has 0 aliphatic heterocycles. The highest BCUT2D eigenvalue weighted by molar-refractivity contribution is 7.45. The molecule has 0 radical (unpaired) electrons. The first-order chi connectivity index (χ1) is 25.0. The summed E-state index contributed by atoms with van der Waals surface area (Å²) in [5.41, 5.74) is 0. The van der Waals surface area contributed by atoms with Gasteiger partial charge in [0.1, 0.15) is 13.2 Å². The first-order valence-corrected chi connectivity index (χ1v) is 23.2. The zero-order valence-electron chi connectivity index (χ0n) is 34.8.